The summed E-state index contributed by atoms with van der Waals surface area (Å²) in [5.74, 6) is 1.08. The van der Waals surface area contributed by atoms with Crippen molar-refractivity contribution in [1.29, 1.82) is 0 Å². The lowest BCUT2D eigenvalue weighted by molar-refractivity contribution is 0.0984. The zero-order valence-corrected chi connectivity index (χ0v) is 16.5. The van der Waals surface area contributed by atoms with Gasteiger partial charge in [-0.3, -0.25) is 4.79 Å². The molecule has 0 spiro atoms. The molecule has 1 aliphatic rings. The van der Waals surface area contributed by atoms with Crippen molar-refractivity contribution in [3.05, 3.63) is 65.9 Å². The Balaban J connectivity index is 1.64. The largest absolute Gasteiger partial charge is 0.507 e. The number of amides is 1. The van der Waals surface area contributed by atoms with E-state index in [4.69, 9.17) is 16.3 Å². The Morgan fingerprint density at radius 3 is 2.76 bits per heavy atom. The maximum Gasteiger partial charge on any atom is 0.274 e. The van der Waals surface area contributed by atoms with Crippen molar-refractivity contribution in [2.24, 2.45) is 0 Å². The molecule has 2 N–H and O–H groups in total. The lowest BCUT2D eigenvalue weighted by Crippen LogP contribution is -2.30. The smallest absolute Gasteiger partial charge is 0.274 e. The van der Waals surface area contributed by atoms with Gasteiger partial charge in [0.1, 0.15) is 17.2 Å². The number of methoxy groups -OCH3 is 1. The number of nitrogens with one attached hydrogen (secondary N) is 1. The summed E-state index contributed by atoms with van der Waals surface area (Å²) in [4.78, 5) is 18.3. The molecular weight excluding hydrogens is 388 g/mol. The third kappa shape index (κ3) is 2.65. The number of anilines is 1. The Morgan fingerprint density at radius 1 is 1.21 bits per heavy atom. The third-order valence-electron chi connectivity index (χ3n) is 5.64. The predicted octanol–water partition coefficient (Wildman–Crippen LogP) is 5.02. The molecule has 5 rings (SSSR count). The zero-order valence-electron chi connectivity index (χ0n) is 15.8. The van der Waals surface area contributed by atoms with Gasteiger partial charge in [-0.1, -0.05) is 36.4 Å². The van der Waals surface area contributed by atoms with Crippen LogP contribution in [0.3, 0.4) is 0 Å². The van der Waals surface area contributed by atoms with Crippen molar-refractivity contribution in [3.8, 4) is 11.5 Å². The topological polar surface area (TPSA) is 65.6 Å². The first-order valence-corrected chi connectivity index (χ1v) is 9.94. The van der Waals surface area contributed by atoms with Gasteiger partial charge in [0.2, 0.25) is 0 Å². The zero-order chi connectivity index (χ0) is 20.1. The Labute approximate surface area is 172 Å². The summed E-state index contributed by atoms with van der Waals surface area (Å²) in [7, 11) is 1.60. The van der Waals surface area contributed by atoms with Crippen molar-refractivity contribution in [1.82, 2.24) is 4.98 Å². The van der Waals surface area contributed by atoms with Crippen LogP contribution in [-0.2, 0) is 0 Å². The molecule has 0 bridgehead atoms. The summed E-state index contributed by atoms with van der Waals surface area (Å²) >= 11 is 6.27. The molecular formula is C23H19ClN2O3. The van der Waals surface area contributed by atoms with Gasteiger partial charge in [0.25, 0.3) is 5.91 Å². The third-order valence-corrected chi connectivity index (χ3v) is 6.02. The summed E-state index contributed by atoms with van der Waals surface area (Å²) < 4.78 is 5.39. The number of halogens is 1. The number of benzene rings is 3. The molecule has 29 heavy (non-hydrogen) atoms. The number of carbonyl (C=O) groups is 1. The van der Waals surface area contributed by atoms with Gasteiger partial charge < -0.3 is 19.7 Å². The number of nitrogens with zero attached hydrogens (tertiary/aromatic N) is 1. The second-order valence-electron chi connectivity index (χ2n) is 7.25. The monoisotopic (exact) mass is 406 g/mol. The summed E-state index contributed by atoms with van der Waals surface area (Å²) in [6.07, 6.45) is 0. The van der Waals surface area contributed by atoms with E-state index in [1.807, 2.05) is 48.5 Å². The van der Waals surface area contributed by atoms with Gasteiger partial charge >= 0.3 is 0 Å². The average molecular weight is 407 g/mol. The number of hydrogen-bond donors (Lipinski definition) is 2. The predicted molar refractivity (Wildman–Crippen MR) is 116 cm³/mol. The number of ether oxygens (including phenoxy) is 1. The van der Waals surface area contributed by atoms with Crippen LogP contribution in [0.1, 0.15) is 22.0 Å². The molecule has 0 saturated carbocycles. The van der Waals surface area contributed by atoms with Gasteiger partial charge in [-0.25, -0.2) is 0 Å². The van der Waals surface area contributed by atoms with E-state index >= 15 is 0 Å². The molecule has 0 saturated heterocycles. The van der Waals surface area contributed by atoms with E-state index in [1.165, 1.54) is 0 Å². The Bertz CT molecular complexity index is 1260. The fourth-order valence-electron chi connectivity index (χ4n) is 4.30. The summed E-state index contributed by atoms with van der Waals surface area (Å²) in [6.45, 7) is 0.470. The molecule has 146 valence electrons. The molecule has 6 heteroatoms. The number of para-hydroxylation sites is 1. The van der Waals surface area contributed by atoms with Gasteiger partial charge in [-0.15, -0.1) is 11.6 Å². The van der Waals surface area contributed by atoms with Crippen LogP contribution in [0, 0.1) is 0 Å². The lowest BCUT2D eigenvalue weighted by atomic mass is 9.95. The Morgan fingerprint density at radius 2 is 2.00 bits per heavy atom. The van der Waals surface area contributed by atoms with E-state index < -0.39 is 0 Å². The number of rotatable bonds is 3. The maximum atomic E-state index is 13.4. The molecule has 4 aromatic rings. The van der Waals surface area contributed by atoms with Gasteiger partial charge in [-0.2, -0.15) is 0 Å². The quantitative estimate of drug-likeness (QED) is 0.469. The molecule has 1 amide bonds. The molecule has 0 radical (unpaired) electrons. The van der Waals surface area contributed by atoms with Crippen molar-refractivity contribution < 1.29 is 14.6 Å². The standard InChI is InChI=1S/C23H19ClN2O3/c1-29-20-8-4-5-13-9-17(25-22(13)20)23(28)26-12-14(11-24)21-16-7-3-2-6-15(16)19(27)10-18(21)26/h2-10,14,25,27H,11-12H2,1H3. The highest BCUT2D eigenvalue weighted by Gasteiger charge is 2.35. The molecule has 0 aliphatic carbocycles. The van der Waals surface area contributed by atoms with E-state index in [0.29, 0.717) is 29.6 Å². The first-order chi connectivity index (χ1) is 14.1. The number of aromatic amines is 1. The molecule has 3 aromatic carbocycles. The van der Waals surface area contributed by atoms with Crippen molar-refractivity contribution in [2.45, 2.75) is 5.92 Å². The second-order valence-corrected chi connectivity index (χ2v) is 7.56. The lowest BCUT2D eigenvalue weighted by Gasteiger charge is -2.17. The summed E-state index contributed by atoms with van der Waals surface area (Å²) in [6, 6.07) is 16.8. The molecule has 1 unspecified atom stereocenters. The Kier molecular flexibility index (Phi) is 4.14. The van der Waals surface area contributed by atoms with Crippen LogP contribution in [-0.4, -0.2) is 35.5 Å². The highest BCUT2D eigenvalue weighted by molar-refractivity contribution is 6.19. The van der Waals surface area contributed by atoms with Crippen molar-refractivity contribution >= 4 is 44.9 Å². The summed E-state index contributed by atoms with van der Waals surface area (Å²) in [5, 5.41) is 13.2. The van der Waals surface area contributed by atoms with E-state index in [9.17, 15) is 9.90 Å². The van der Waals surface area contributed by atoms with Crippen molar-refractivity contribution in [2.75, 3.05) is 24.4 Å². The minimum Gasteiger partial charge on any atom is -0.507 e. The molecule has 1 aromatic heterocycles. The minimum atomic E-state index is -0.160. The van der Waals surface area contributed by atoms with Gasteiger partial charge in [0, 0.05) is 35.2 Å². The normalized spacial score (nSPS) is 15.8. The minimum absolute atomic E-state index is 0.0000288. The number of aromatic hydroxyl groups is 1. The van der Waals surface area contributed by atoms with Crippen LogP contribution >= 0.6 is 11.6 Å². The number of carbonyl (C=O) groups excluding carboxylic acids is 1. The van der Waals surface area contributed by atoms with Crippen LogP contribution in [0.25, 0.3) is 21.7 Å². The van der Waals surface area contributed by atoms with Gasteiger partial charge in [0.05, 0.1) is 18.3 Å². The fraction of sp³-hybridized carbons (Fsp3) is 0.174. The molecule has 5 nitrogen and oxygen atoms in total. The van der Waals surface area contributed by atoms with Crippen LogP contribution in [0.4, 0.5) is 5.69 Å². The van der Waals surface area contributed by atoms with Crippen LogP contribution in [0.15, 0.2) is 54.6 Å². The number of hydrogen-bond acceptors (Lipinski definition) is 3. The first-order valence-electron chi connectivity index (χ1n) is 9.40. The number of fused-ring (bicyclic) bond motifs is 4. The van der Waals surface area contributed by atoms with E-state index in [2.05, 4.69) is 4.98 Å². The number of H-pyrrole nitrogens is 1. The summed E-state index contributed by atoms with van der Waals surface area (Å²) in [5.41, 5.74) is 2.98. The second kappa shape index (κ2) is 6.71. The highest BCUT2D eigenvalue weighted by atomic mass is 35.5. The van der Waals surface area contributed by atoms with E-state index in [1.54, 1.807) is 18.1 Å². The average Bonchev–Trinajstić information content (AvgIpc) is 3.35. The molecule has 2 heterocycles. The van der Waals surface area contributed by atoms with Crippen LogP contribution in [0.5, 0.6) is 11.5 Å². The molecule has 1 atom stereocenters. The van der Waals surface area contributed by atoms with Crippen LogP contribution < -0.4 is 9.64 Å². The number of alkyl halides is 1. The molecule has 1 aliphatic heterocycles. The molecule has 0 fully saturated rings. The highest BCUT2D eigenvalue weighted by Crippen LogP contribution is 2.45. The maximum absolute atomic E-state index is 13.4. The van der Waals surface area contributed by atoms with E-state index in [-0.39, 0.29) is 17.6 Å². The van der Waals surface area contributed by atoms with Crippen LogP contribution in [0.2, 0.25) is 0 Å². The van der Waals surface area contributed by atoms with Gasteiger partial charge in [0.15, 0.2) is 0 Å². The first kappa shape index (κ1) is 17.9. The van der Waals surface area contributed by atoms with Crippen molar-refractivity contribution in [3.63, 3.8) is 0 Å². The fourth-order valence-corrected chi connectivity index (χ4v) is 4.56. The number of phenols is 1. The van der Waals surface area contributed by atoms with Gasteiger partial charge in [-0.05, 0) is 23.1 Å². The number of phenolic OH excluding ortho intramolecular Hbond substituents is 1. The SMILES string of the molecule is COc1cccc2cc(C(=O)N3CC(CCl)c4c3cc(O)c3ccccc43)[nH]c12. The number of aromatic nitrogens is 1. The van der Waals surface area contributed by atoms with E-state index in [0.717, 1.165) is 27.2 Å². The Hall–Kier alpha value is -3.18.